The fourth-order valence-corrected chi connectivity index (χ4v) is 3.04. The highest BCUT2D eigenvalue weighted by atomic mass is 79.9. The van der Waals surface area contributed by atoms with E-state index in [2.05, 4.69) is 50.7 Å². The minimum atomic E-state index is 0.327. The van der Waals surface area contributed by atoms with Crippen molar-refractivity contribution < 1.29 is 0 Å². The Bertz CT molecular complexity index is 397. The molecule has 2 nitrogen and oxygen atoms in total. The van der Waals surface area contributed by atoms with Gasteiger partial charge in [-0.15, -0.1) is 11.3 Å². The van der Waals surface area contributed by atoms with Crippen molar-refractivity contribution >= 4 is 43.7 Å². The summed E-state index contributed by atoms with van der Waals surface area (Å²) >= 11 is 6.76. The Hall–Kier alpha value is -0.390. The van der Waals surface area contributed by atoms with Crippen molar-refractivity contribution in [3.05, 3.63) is 32.4 Å². The highest BCUT2D eigenvalue weighted by Gasteiger charge is 2.07. The highest BCUT2D eigenvalue weighted by molar-refractivity contribution is 9.11. The first kappa shape index (κ1) is 10.1. The lowest BCUT2D eigenvalue weighted by Gasteiger charge is -2.09. The van der Waals surface area contributed by atoms with Crippen LogP contribution in [0.5, 0.6) is 0 Å². The summed E-state index contributed by atoms with van der Waals surface area (Å²) in [4.78, 5) is 5.56. The van der Waals surface area contributed by atoms with E-state index in [0.29, 0.717) is 6.04 Å². The van der Waals surface area contributed by atoms with Crippen LogP contribution in [0.1, 0.15) is 17.8 Å². The smallest absolute Gasteiger partial charge is 0.184 e. The highest BCUT2D eigenvalue weighted by Crippen LogP contribution is 2.28. The van der Waals surface area contributed by atoms with Gasteiger partial charge in [0.15, 0.2) is 5.13 Å². The summed E-state index contributed by atoms with van der Waals surface area (Å²) in [5.74, 6) is 0. The van der Waals surface area contributed by atoms with Gasteiger partial charge >= 0.3 is 0 Å². The van der Waals surface area contributed by atoms with Crippen LogP contribution in [0.2, 0.25) is 0 Å². The first-order valence-corrected chi connectivity index (χ1v) is 6.66. The summed E-state index contributed by atoms with van der Waals surface area (Å²) in [6, 6.07) is 4.52. The normalized spacial score (nSPS) is 12.7. The molecule has 0 saturated heterocycles. The van der Waals surface area contributed by atoms with Crippen LogP contribution in [-0.4, -0.2) is 4.98 Å². The van der Waals surface area contributed by atoms with E-state index in [1.54, 1.807) is 22.7 Å². The summed E-state index contributed by atoms with van der Waals surface area (Å²) in [5.41, 5.74) is 0. The minimum absolute atomic E-state index is 0.327. The van der Waals surface area contributed by atoms with Crippen LogP contribution in [0.3, 0.4) is 0 Å². The van der Waals surface area contributed by atoms with Gasteiger partial charge in [0.05, 0.1) is 16.0 Å². The van der Waals surface area contributed by atoms with Crippen molar-refractivity contribution in [1.29, 1.82) is 0 Å². The zero-order chi connectivity index (χ0) is 9.97. The molecular weight excluding hydrogens is 280 g/mol. The first-order chi connectivity index (χ1) is 6.75. The van der Waals surface area contributed by atoms with Crippen molar-refractivity contribution in [2.45, 2.75) is 13.0 Å². The molecule has 0 aliphatic heterocycles. The average molecular weight is 289 g/mol. The van der Waals surface area contributed by atoms with Crippen molar-refractivity contribution in [2.75, 3.05) is 5.32 Å². The van der Waals surface area contributed by atoms with Gasteiger partial charge in [0.25, 0.3) is 0 Å². The van der Waals surface area contributed by atoms with Gasteiger partial charge in [0.2, 0.25) is 0 Å². The van der Waals surface area contributed by atoms with E-state index < -0.39 is 0 Å². The second-order valence-electron chi connectivity index (χ2n) is 2.85. The van der Waals surface area contributed by atoms with Crippen LogP contribution in [0, 0.1) is 0 Å². The molecule has 0 radical (unpaired) electrons. The van der Waals surface area contributed by atoms with Gasteiger partial charge in [-0.25, -0.2) is 4.98 Å². The Morgan fingerprint density at radius 2 is 2.43 bits per heavy atom. The molecule has 0 saturated carbocycles. The zero-order valence-electron chi connectivity index (χ0n) is 7.53. The second-order valence-corrected chi connectivity index (χ2v) is 6.24. The van der Waals surface area contributed by atoms with Crippen molar-refractivity contribution in [3.63, 3.8) is 0 Å². The number of nitrogens with one attached hydrogen (secondary N) is 1. The van der Waals surface area contributed by atoms with Crippen molar-refractivity contribution in [3.8, 4) is 0 Å². The number of thiophene rings is 1. The summed E-state index contributed by atoms with van der Waals surface area (Å²) in [6.45, 7) is 2.14. The van der Waals surface area contributed by atoms with Gasteiger partial charge in [-0.1, -0.05) is 17.4 Å². The standard InChI is InChI=1S/C9H9BrN2S2/c1-6(7-3-2-4-13-7)12-9-11-5-8(10)14-9/h2-6H,1H3,(H,11,12)/t6-/m1/s1. The number of anilines is 1. The third-order valence-electron chi connectivity index (χ3n) is 1.79. The van der Waals surface area contributed by atoms with Gasteiger partial charge in [0.1, 0.15) is 0 Å². The second kappa shape index (κ2) is 4.42. The number of aromatic nitrogens is 1. The molecular formula is C9H9BrN2S2. The van der Waals surface area contributed by atoms with E-state index in [1.807, 2.05) is 6.20 Å². The van der Waals surface area contributed by atoms with E-state index in [-0.39, 0.29) is 0 Å². The lowest BCUT2D eigenvalue weighted by molar-refractivity contribution is 0.904. The Morgan fingerprint density at radius 3 is 3.00 bits per heavy atom. The molecule has 74 valence electrons. The fraction of sp³-hybridized carbons (Fsp3) is 0.222. The molecule has 1 N–H and O–H groups in total. The third kappa shape index (κ3) is 2.34. The largest absolute Gasteiger partial charge is 0.354 e. The monoisotopic (exact) mass is 288 g/mol. The number of hydrogen-bond acceptors (Lipinski definition) is 4. The van der Waals surface area contributed by atoms with Crippen molar-refractivity contribution in [2.24, 2.45) is 0 Å². The molecule has 0 amide bonds. The maximum absolute atomic E-state index is 4.23. The first-order valence-electron chi connectivity index (χ1n) is 4.17. The molecule has 2 aromatic rings. The number of halogens is 1. The van der Waals surface area contributed by atoms with Gasteiger partial charge in [-0.2, -0.15) is 0 Å². The maximum Gasteiger partial charge on any atom is 0.184 e. The topological polar surface area (TPSA) is 24.9 Å². The Morgan fingerprint density at radius 1 is 1.57 bits per heavy atom. The fourth-order valence-electron chi connectivity index (χ4n) is 1.12. The Balaban J connectivity index is 2.05. The number of nitrogens with zero attached hydrogens (tertiary/aromatic N) is 1. The van der Waals surface area contributed by atoms with Crippen LogP contribution in [0.15, 0.2) is 27.5 Å². The Labute approximate surface area is 99.1 Å². The van der Waals surface area contributed by atoms with E-state index in [4.69, 9.17) is 0 Å². The van der Waals surface area contributed by atoms with E-state index in [9.17, 15) is 0 Å². The molecule has 5 heteroatoms. The van der Waals surface area contributed by atoms with Gasteiger partial charge < -0.3 is 5.32 Å². The van der Waals surface area contributed by atoms with Gasteiger partial charge in [0, 0.05) is 4.88 Å². The molecule has 1 atom stereocenters. The average Bonchev–Trinajstić information content (AvgIpc) is 2.75. The lowest BCUT2D eigenvalue weighted by Crippen LogP contribution is -2.03. The van der Waals surface area contributed by atoms with Gasteiger partial charge in [-0.3, -0.25) is 0 Å². The number of rotatable bonds is 3. The molecule has 2 aromatic heterocycles. The molecule has 0 bridgehead atoms. The Kier molecular flexibility index (Phi) is 3.20. The van der Waals surface area contributed by atoms with E-state index in [0.717, 1.165) is 8.92 Å². The predicted molar refractivity (Wildman–Crippen MR) is 66.2 cm³/mol. The van der Waals surface area contributed by atoms with Crippen LogP contribution < -0.4 is 5.32 Å². The minimum Gasteiger partial charge on any atom is -0.354 e. The molecule has 14 heavy (non-hydrogen) atoms. The molecule has 0 spiro atoms. The number of hydrogen-bond donors (Lipinski definition) is 1. The summed E-state index contributed by atoms with van der Waals surface area (Å²) < 4.78 is 1.05. The predicted octanol–water partition coefficient (Wildman–Crippen LogP) is 4.14. The molecule has 0 aromatic carbocycles. The summed E-state index contributed by atoms with van der Waals surface area (Å²) in [5, 5.41) is 6.40. The number of thiazole rings is 1. The zero-order valence-corrected chi connectivity index (χ0v) is 10.7. The SMILES string of the molecule is C[C@@H](Nc1ncc(Br)s1)c1cccs1. The van der Waals surface area contributed by atoms with Crippen LogP contribution in [0.25, 0.3) is 0 Å². The molecule has 2 heterocycles. The van der Waals surface area contributed by atoms with Gasteiger partial charge in [-0.05, 0) is 34.3 Å². The quantitative estimate of drug-likeness (QED) is 0.918. The summed E-state index contributed by atoms with van der Waals surface area (Å²) in [7, 11) is 0. The van der Waals surface area contributed by atoms with E-state index in [1.165, 1.54) is 4.88 Å². The van der Waals surface area contributed by atoms with Crippen LogP contribution >= 0.6 is 38.6 Å². The maximum atomic E-state index is 4.23. The summed E-state index contributed by atoms with van der Waals surface area (Å²) in [6.07, 6.45) is 1.81. The van der Waals surface area contributed by atoms with Crippen molar-refractivity contribution in [1.82, 2.24) is 4.98 Å². The van der Waals surface area contributed by atoms with Crippen LogP contribution in [0.4, 0.5) is 5.13 Å². The molecule has 0 aliphatic carbocycles. The van der Waals surface area contributed by atoms with E-state index >= 15 is 0 Å². The molecule has 0 unspecified atom stereocenters. The molecule has 2 rings (SSSR count). The third-order valence-corrected chi connectivity index (χ3v) is 4.25. The molecule has 0 aliphatic rings. The molecule has 0 fully saturated rings. The lowest BCUT2D eigenvalue weighted by atomic mass is 10.3. The van der Waals surface area contributed by atoms with Crippen LogP contribution in [-0.2, 0) is 0 Å².